The average Bonchev–Trinajstić information content (AvgIpc) is 2.80. The molecule has 0 saturated heterocycles. The van der Waals surface area contributed by atoms with Crippen LogP contribution in [0.3, 0.4) is 0 Å². The van der Waals surface area contributed by atoms with E-state index in [0.29, 0.717) is 6.54 Å². The van der Waals surface area contributed by atoms with Gasteiger partial charge in [0.1, 0.15) is 0 Å². The Balaban J connectivity index is 1.93. The van der Waals surface area contributed by atoms with Gasteiger partial charge in [-0.1, -0.05) is 0 Å². The topological polar surface area (TPSA) is 84.2 Å². The molecule has 2 aliphatic rings. The van der Waals surface area contributed by atoms with Crippen molar-refractivity contribution in [1.29, 1.82) is 0 Å². The summed E-state index contributed by atoms with van der Waals surface area (Å²) in [6.45, 7) is 0.387. The van der Waals surface area contributed by atoms with Gasteiger partial charge >= 0.3 is 0 Å². The Morgan fingerprint density at radius 1 is 1.36 bits per heavy atom. The molecule has 0 spiro atoms. The van der Waals surface area contributed by atoms with Gasteiger partial charge in [-0.3, -0.25) is 0 Å². The average molecular weight is 219 g/mol. The maximum Gasteiger partial charge on any atom is 0.277 e. The van der Waals surface area contributed by atoms with Crippen LogP contribution in [0.5, 0.6) is 0 Å². The fourth-order valence-electron chi connectivity index (χ4n) is 1.69. The van der Waals surface area contributed by atoms with Gasteiger partial charge in [0.25, 0.3) is 10.2 Å². The summed E-state index contributed by atoms with van der Waals surface area (Å²) in [4.78, 5) is 0. The molecular formula is C8H17N3O2S. The summed E-state index contributed by atoms with van der Waals surface area (Å²) < 4.78 is 28.4. The molecule has 0 unspecified atom stereocenters. The van der Waals surface area contributed by atoms with E-state index in [9.17, 15) is 8.42 Å². The second-order valence-electron chi connectivity index (χ2n) is 4.34. The molecule has 0 bridgehead atoms. The van der Waals surface area contributed by atoms with Crippen LogP contribution in [0.15, 0.2) is 0 Å². The van der Waals surface area contributed by atoms with Gasteiger partial charge in [0.2, 0.25) is 0 Å². The second kappa shape index (κ2) is 3.44. The molecule has 2 rings (SSSR count). The van der Waals surface area contributed by atoms with E-state index in [1.165, 1.54) is 0 Å². The Kier molecular flexibility index (Phi) is 2.55. The fraction of sp³-hybridized carbons (Fsp3) is 1.00. The van der Waals surface area contributed by atoms with Crippen molar-refractivity contribution in [2.24, 2.45) is 5.73 Å². The van der Waals surface area contributed by atoms with Crippen molar-refractivity contribution >= 4 is 10.2 Å². The first kappa shape index (κ1) is 10.4. The molecule has 0 aromatic heterocycles. The molecule has 14 heavy (non-hydrogen) atoms. The van der Waals surface area contributed by atoms with Crippen molar-refractivity contribution in [2.45, 2.75) is 43.7 Å². The molecule has 0 amide bonds. The standard InChI is InChI=1S/C8H17N3O2S/c9-6-8(4-1-5-8)11-14(12,13)10-7-2-3-7/h7,10-11H,1-6,9H2. The van der Waals surface area contributed by atoms with Gasteiger partial charge in [-0.2, -0.15) is 17.9 Å². The van der Waals surface area contributed by atoms with Crippen LogP contribution in [-0.4, -0.2) is 26.5 Å². The van der Waals surface area contributed by atoms with E-state index in [-0.39, 0.29) is 11.6 Å². The molecule has 2 fully saturated rings. The lowest BCUT2D eigenvalue weighted by Crippen LogP contribution is -2.60. The maximum atomic E-state index is 11.6. The number of rotatable bonds is 5. The number of nitrogens with two attached hydrogens (primary N) is 1. The zero-order chi connectivity index (χ0) is 10.2. The van der Waals surface area contributed by atoms with Crippen molar-refractivity contribution in [2.75, 3.05) is 6.54 Å². The highest BCUT2D eigenvalue weighted by Crippen LogP contribution is 2.31. The molecule has 0 aromatic rings. The highest BCUT2D eigenvalue weighted by molar-refractivity contribution is 7.87. The summed E-state index contributed by atoms with van der Waals surface area (Å²) in [7, 11) is -3.33. The molecule has 2 aliphatic carbocycles. The Bertz CT molecular complexity index is 301. The smallest absolute Gasteiger partial charge is 0.277 e. The van der Waals surface area contributed by atoms with Crippen LogP contribution in [0.25, 0.3) is 0 Å². The Morgan fingerprint density at radius 3 is 2.36 bits per heavy atom. The second-order valence-corrected chi connectivity index (χ2v) is 5.78. The van der Waals surface area contributed by atoms with Crippen molar-refractivity contribution in [3.05, 3.63) is 0 Å². The van der Waals surface area contributed by atoms with Crippen LogP contribution in [0.1, 0.15) is 32.1 Å². The van der Waals surface area contributed by atoms with Gasteiger partial charge in [0, 0.05) is 18.1 Å². The van der Waals surface area contributed by atoms with E-state index in [1.807, 2.05) is 0 Å². The molecule has 0 aromatic carbocycles. The molecule has 0 radical (unpaired) electrons. The molecule has 6 heteroatoms. The van der Waals surface area contributed by atoms with E-state index in [0.717, 1.165) is 32.1 Å². The number of hydrogen-bond donors (Lipinski definition) is 3. The van der Waals surface area contributed by atoms with Crippen molar-refractivity contribution in [3.63, 3.8) is 0 Å². The van der Waals surface area contributed by atoms with E-state index in [2.05, 4.69) is 9.44 Å². The largest absolute Gasteiger partial charge is 0.329 e. The summed E-state index contributed by atoms with van der Waals surface area (Å²) >= 11 is 0. The van der Waals surface area contributed by atoms with E-state index < -0.39 is 10.2 Å². The van der Waals surface area contributed by atoms with Gasteiger partial charge < -0.3 is 5.73 Å². The molecule has 0 atom stereocenters. The van der Waals surface area contributed by atoms with Gasteiger partial charge in [-0.05, 0) is 32.1 Å². The van der Waals surface area contributed by atoms with Crippen molar-refractivity contribution in [1.82, 2.24) is 9.44 Å². The van der Waals surface area contributed by atoms with Crippen molar-refractivity contribution < 1.29 is 8.42 Å². The Labute approximate surface area is 84.6 Å². The van der Waals surface area contributed by atoms with Gasteiger partial charge in [-0.15, -0.1) is 0 Å². The third-order valence-corrected chi connectivity index (χ3v) is 4.30. The molecule has 4 N–H and O–H groups in total. The highest BCUT2D eigenvalue weighted by atomic mass is 32.2. The lowest BCUT2D eigenvalue weighted by atomic mass is 9.78. The van der Waals surface area contributed by atoms with E-state index >= 15 is 0 Å². The quantitative estimate of drug-likeness (QED) is 0.580. The summed E-state index contributed by atoms with van der Waals surface area (Å²) in [5, 5.41) is 0. The van der Waals surface area contributed by atoms with E-state index in [4.69, 9.17) is 5.73 Å². The molecule has 2 saturated carbocycles. The SMILES string of the molecule is NCC1(NS(=O)(=O)NC2CC2)CCC1. The predicted octanol–water partition coefficient (Wildman–Crippen LogP) is -0.546. The van der Waals surface area contributed by atoms with Crippen LogP contribution in [0, 0.1) is 0 Å². The van der Waals surface area contributed by atoms with Crippen LogP contribution in [0.2, 0.25) is 0 Å². The number of nitrogens with one attached hydrogen (secondary N) is 2. The first-order chi connectivity index (χ1) is 6.55. The normalized spacial score (nSPS) is 25.8. The third kappa shape index (κ3) is 2.25. The first-order valence-corrected chi connectivity index (χ1v) is 6.55. The lowest BCUT2D eigenvalue weighted by Gasteiger charge is -2.41. The highest BCUT2D eigenvalue weighted by Gasteiger charge is 2.40. The minimum atomic E-state index is -3.33. The maximum absolute atomic E-state index is 11.6. The molecule has 82 valence electrons. The Morgan fingerprint density at radius 2 is 2.00 bits per heavy atom. The van der Waals surface area contributed by atoms with Crippen LogP contribution < -0.4 is 15.2 Å². The van der Waals surface area contributed by atoms with E-state index in [1.54, 1.807) is 0 Å². The van der Waals surface area contributed by atoms with Crippen LogP contribution in [-0.2, 0) is 10.2 Å². The lowest BCUT2D eigenvalue weighted by molar-refractivity contribution is 0.230. The number of hydrogen-bond acceptors (Lipinski definition) is 3. The van der Waals surface area contributed by atoms with Crippen LogP contribution in [0.4, 0.5) is 0 Å². The van der Waals surface area contributed by atoms with Crippen molar-refractivity contribution in [3.8, 4) is 0 Å². The molecule has 5 nitrogen and oxygen atoms in total. The molecular weight excluding hydrogens is 202 g/mol. The van der Waals surface area contributed by atoms with Gasteiger partial charge in [-0.25, -0.2) is 0 Å². The Hall–Kier alpha value is -0.170. The minimum Gasteiger partial charge on any atom is -0.329 e. The minimum absolute atomic E-state index is 0.155. The monoisotopic (exact) mass is 219 g/mol. The summed E-state index contributed by atoms with van der Waals surface area (Å²) in [6.07, 6.45) is 4.68. The zero-order valence-electron chi connectivity index (χ0n) is 8.12. The van der Waals surface area contributed by atoms with Gasteiger partial charge in [0.05, 0.1) is 0 Å². The predicted molar refractivity (Wildman–Crippen MR) is 53.8 cm³/mol. The summed E-state index contributed by atoms with van der Waals surface area (Å²) in [6, 6.07) is 0.155. The zero-order valence-corrected chi connectivity index (χ0v) is 8.94. The third-order valence-electron chi connectivity index (χ3n) is 2.95. The molecule has 0 aliphatic heterocycles. The molecule has 0 heterocycles. The first-order valence-electron chi connectivity index (χ1n) is 5.07. The summed E-state index contributed by atoms with van der Waals surface area (Å²) in [5.41, 5.74) is 5.21. The van der Waals surface area contributed by atoms with Gasteiger partial charge in [0.15, 0.2) is 0 Å². The fourth-order valence-corrected chi connectivity index (χ4v) is 3.28. The van der Waals surface area contributed by atoms with Crippen LogP contribution >= 0.6 is 0 Å². The summed E-state index contributed by atoms with van der Waals surface area (Å²) in [5.74, 6) is 0.